The molecule has 0 amide bonds. The third-order valence-corrected chi connectivity index (χ3v) is 4.03. The average Bonchev–Trinajstić information content (AvgIpc) is 2.30. The molecule has 0 heterocycles. The lowest BCUT2D eigenvalue weighted by molar-refractivity contribution is -0.384. The van der Waals surface area contributed by atoms with Crippen molar-refractivity contribution in [3.63, 3.8) is 0 Å². The normalized spacial score (nSPS) is 11.2. The van der Waals surface area contributed by atoms with Crippen LogP contribution in [0, 0.1) is 15.9 Å². The summed E-state index contributed by atoms with van der Waals surface area (Å²) in [5.74, 6) is -0.827. The molecule has 0 bridgehead atoms. The van der Waals surface area contributed by atoms with Crippen LogP contribution in [0.3, 0.4) is 0 Å². The molecule has 0 unspecified atom stereocenters. The van der Waals surface area contributed by atoms with Crippen LogP contribution >= 0.6 is 0 Å². The van der Waals surface area contributed by atoms with Crippen LogP contribution in [0.2, 0.25) is 0 Å². The molecule has 0 saturated heterocycles. The van der Waals surface area contributed by atoms with E-state index in [1.165, 1.54) is 13.0 Å². The first-order chi connectivity index (χ1) is 8.35. The predicted octanol–water partition coefficient (Wildman–Crippen LogP) is 1.58. The van der Waals surface area contributed by atoms with Gasteiger partial charge in [-0.1, -0.05) is 6.92 Å². The highest BCUT2D eigenvalue weighted by atomic mass is 32.2. The van der Waals surface area contributed by atoms with Crippen molar-refractivity contribution in [2.24, 2.45) is 0 Å². The lowest BCUT2D eigenvalue weighted by Gasteiger charge is -2.07. The van der Waals surface area contributed by atoms with Crippen LogP contribution in [0.4, 0.5) is 15.8 Å². The quantitative estimate of drug-likeness (QED) is 0.629. The van der Waals surface area contributed by atoms with Gasteiger partial charge in [0, 0.05) is 12.3 Å². The zero-order valence-electron chi connectivity index (χ0n) is 9.72. The maximum absolute atomic E-state index is 12.8. The van der Waals surface area contributed by atoms with Crippen molar-refractivity contribution < 1.29 is 17.7 Å². The smallest absolute Gasteiger partial charge is 0.295 e. The molecule has 100 valence electrons. The number of nitro groups is 1. The Balaban J connectivity index is 2.77. The molecule has 0 aromatic heterocycles. The zero-order valence-corrected chi connectivity index (χ0v) is 10.5. The Kier molecular flexibility index (Phi) is 4.60. The van der Waals surface area contributed by atoms with Crippen LogP contribution < -0.4 is 5.32 Å². The van der Waals surface area contributed by atoms with E-state index in [0.717, 1.165) is 12.1 Å². The molecule has 18 heavy (non-hydrogen) atoms. The van der Waals surface area contributed by atoms with Gasteiger partial charge in [0.15, 0.2) is 9.84 Å². The summed E-state index contributed by atoms with van der Waals surface area (Å²) in [6, 6.07) is 3.08. The van der Waals surface area contributed by atoms with Crippen LogP contribution in [0.15, 0.2) is 18.2 Å². The zero-order chi connectivity index (χ0) is 13.8. The summed E-state index contributed by atoms with van der Waals surface area (Å²) in [5, 5.41) is 13.3. The van der Waals surface area contributed by atoms with E-state index in [0.29, 0.717) is 0 Å². The van der Waals surface area contributed by atoms with Gasteiger partial charge in [-0.15, -0.1) is 0 Å². The predicted molar refractivity (Wildman–Crippen MR) is 65.9 cm³/mol. The first-order valence-electron chi connectivity index (χ1n) is 5.24. The number of rotatable bonds is 6. The minimum atomic E-state index is -3.14. The fourth-order valence-corrected chi connectivity index (χ4v) is 1.99. The Morgan fingerprint density at radius 1 is 1.44 bits per heavy atom. The monoisotopic (exact) mass is 276 g/mol. The summed E-state index contributed by atoms with van der Waals surface area (Å²) >= 11 is 0. The van der Waals surface area contributed by atoms with Crippen LogP contribution in [0.1, 0.15) is 6.92 Å². The second kappa shape index (κ2) is 5.76. The van der Waals surface area contributed by atoms with E-state index in [1.54, 1.807) is 0 Å². The van der Waals surface area contributed by atoms with Gasteiger partial charge < -0.3 is 5.32 Å². The van der Waals surface area contributed by atoms with Crippen LogP contribution in [0.5, 0.6) is 0 Å². The third kappa shape index (κ3) is 3.95. The second-order valence-corrected chi connectivity index (χ2v) is 6.05. The van der Waals surface area contributed by atoms with Crippen LogP contribution in [0.25, 0.3) is 0 Å². The first kappa shape index (κ1) is 14.4. The van der Waals surface area contributed by atoms with E-state index in [1.807, 2.05) is 0 Å². The standard InChI is InChI=1S/C10H13FN2O4S/c1-2-18(16,17)6-5-12-9-4-3-8(11)7-10(9)13(14)15/h3-4,7,12H,2,5-6H2,1H3. The van der Waals surface area contributed by atoms with Gasteiger partial charge in [-0.3, -0.25) is 10.1 Å². The number of nitro benzene ring substituents is 1. The number of hydrogen-bond acceptors (Lipinski definition) is 5. The number of benzene rings is 1. The molecule has 0 atom stereocenters. The molecule has 0 spiro atoms. The lowest BCUT2D eigenvalue weighted by Crippen LogP contribution is -2.17. The van der Waals surface area contributed by atoms with E-state index >= 15 is 0 Å². The van der Waals surface area contributed by atoms with Crippen molar-refractivity contribution in [2.45, 2.75) is 6.92 Å². The van der Waals surface area contributed by atoms with E-state index in [-0.39, 0.29) is 23.7 Å². The highest BCUT2D eigenvalue weighted by Gasteiger charge is 2.15. The lowest BCUT2D eigenvalue weighted by atomic mass is 10.2. The Hall–Kier alpha value is -1.70. The van der Waals surface area contributed by atoms with E-state index in [9.17, 15) is 22.9 Å². The summed E-state index contributed by atoms with van der Waals surface area (Å²) in [7, 11) is -3.14. The Bertz CT molecular complexity index is 545. The maximum Gasteiger partial charge on any atom is 0.295 e. The molecule has 1 aromatic carbocycles. The number of hydrogen-bond donors (Lipinski definition) is 1. The van der Waals surface area contributed by atoms with Crippen molar-refractivity contribution in [1.29, 1.82) is 0 Å². The Morgan fingerprint density at radius 3 is 2.67 bits per heavy atom. The van der Waals surface area contributed by atoms with Gasteiger partial charge in [0.05, 0.1) is 16.7 Å². The van der Waals surface area contributed by atoms with Crippen molar-refractivity contribution >= 4 is 21.2 Å². The molecule has 0 saturated carbocycles. The maximum atomic E-state index is 12.8. The number of nitrogens with zero attached hydrogens (tertiary/aromatic N) is 1. The van der Waals surface area contributed by atoms with Crippen molar-refractivity contribution in [2.75, 3.05) is 23.4 Å². The van der Waals surface area contributed by atoms with Gasteiger partial charge in [0.2, 0.25) is 0 Å². The molecule has 6 nitrogen and oxygen atoms in total. The summed E-state index contributed by atoms with van der Waals surface area (Å²) < 4.78 is 35.3. The summed E-state index contributed by atoms with van der Waals surface area (Å²) in [5.41, 5.74) is -0.309. The van der Waals surface area contributed by atoms with Gasteiger partial charge in [-0.05, 0) is 12.1 Å². The summed E-state index contributed by atoms with van der Waals surface area (Å²) in [6.45, 7) is 1.57. The average molecular weight is 276 g/mol. The first-order valence-corrected chi connectivity index (χ1v) is 7.06. The second-order valence-electron chi connectivity index (χ2n) is 3.58. The van der Waals surface area contributed by atoms with Gasteiger partial charge in [-0.2, -0.15) is 0 Å². The van der Waals surface area contributed by atoms with Gasteiger partial charge in [0.25, 0.3) is 5.69 Å². The molecule has 0 fully saturated rings. The van der Waals surface area contributed by atoms with Crippen molar-refractivity contribution in [3.8, 4) is 0 Å². The van der Waals surface area contributed by atoms with Crippen molar-refractivity contribution in [1.82, 2.24) is 0 Å². The SMILES string of the molecule is CCS(=O)(=O)CCNc1ccc(F)cc1[N+](=O)[O-]. The molecular formula is C10H13FN2O4S. The highest BCUT2D eigenvalue weighted by Crippen LogP contribution is 2.24. The van der Waals surface area contributed by atoms with Crippen LogP contribution in [-0.2, 0) is 9.84 Å². The summed E-state index contributed by atoms with van der Waals surface area (Å²) in [4.78, 5) is 9.95. The number of nitrogens with one attached hydrogen (secondary N) is 1. The molecular weight excluding hydrogens is 263 g/mol. The summed E-state index contributed by atoms with van der Waals surface area (Å²) in [6.07, 6.45) is 0. The number of anilines is 1. The minimum absolute atomic E-state index is 0.0141. The molecule has 8 heteroatoms. The van der Waals surface area contributed by atoms with Gasteiger partial charge >= 0.3 is 0 Å². The van der Waals surface area contributed by atoms with Crippen LogP contribution in [-0.4, -0.2) is 31.4 Å². The topological polar surface area (TPSA) is 89.3 Å². The molecule has 1 N–H and O–H groups in total. The molecule has 0 aliphatic carbocycles. The number of halogens is 1. The van der Waals surface area contributed by atoms with Gasteiger partial charge in [0.1, 0.15) is 11.5 Å². The largest absolute Gasteiger partial charge is 0.378 e. The fourth-order valence-electron chi connectivity index (χ4n) is 1.29. The molecule has 1 aromatic rings. The molecule has 0 aliphatic heterocycles. The van der Waals surface area contributed by atoms with Crippen molar-refractivity contribution in [3.05, 3.63) is 34.1 Å². The molecule has 0 aliphatic rings. The minimum Gasteiger partial charge on any atom is -0.378 e. The Labute approximate surface area is 104 Å². The van der Waals surface area contributed by atoms with E-state index in [2.05, 4.69) is 5.32 Å². The number of sulfone groups is 1. The molecule has 0 radical (unpaired) electrons. The van der Waals surface area contributed by atoms with E-state index in [4.69, 9.17) is 0 Å². The molecule has 1 rings (SSSR count). The fraction of sp³-hybridized carbons (Fsp3) is 0.400. The van der Waals surface area contributed by atoms with Gasteiger partial charge in [-0.25, -0.2) is 12.8 Å². The third-order valence-electron chi connectivity index (χ3n) is 2.32. The highest BCUT2D eigenvalue weighted by molar-refractivity contribution is 7.91. The Morgan fingerprint density at radius 2 is 2.11 bits per heavy atom. The van der Waals surface area contributed by atoms with E-state index < -0.39 is 26.3 Å².